The number of nitrogens with one attached hydrogen (secondary N) is 1. The first-order chi connectivity index (χ1) is 11.8. The van der Waals surface area contributed by atoms with Crippen molar-refractivity contribution in [3.63, 3.8) is 0 Å². The van der Waals surface area contributed by atoms with Gasteiger partial charge in [0.25, 0.3) is 5.91 Å². The van der Waals surface area contributed by atoms with Crippen LogP contribution in [0.4, 0.5) is 18.9 Å². The number of amides is 1. The van der Waals surface area contributed by atoms with Gasteiger partial charge in [-0.05, 0) is 46.6 Å². The van der Waals surface area contributed by atoms with Crippen molar-refractivity contribution in [2.75, 3.05) is 5.32 Å². The molecule has 1 amide bonds. The Morgan fingerprint density at radius 2 is 1.96 bits per heavy atom. The molecule has 2 aromatic heterocycles. The number of alkyl halides is 3. The van der Waals surface area contributed by atoms with Crippen LogP contribution in [-0.4, -0.2) is 15.3 Å². The molecular formula is C17H13BrF3N3O. The lowest BCUT2D eigenvalue weighted by Gasteiger charge is -2.10. The number of hydrogen-bond donors (Lipinski definition) is 1. The van der Waals surface area contributed by atoms with Crippen LogP contribution in [0.15, 0.2) is 47.1 Å². The summed E-state index contributed by atoms with van der Waals surface area (Å²) in [5.74, 6) is -0.518. The van der Waals surface area contributed by atoms with Crippen LogP contribution in [-0.2, 0) is 12.6 Å². The van der Waals surface area contributed by atoms with Crippen LogP contribution in [0.25, 0.3) is 5.65 Å². The van der Waals surface area contributed by atoms with Crippen molar-refractivity contribution in [2.45, 2.75) is 19.5 Å². The average Bonchev–Trinajstić information content (AvgIpc) is 2.94. The second-order valence-corrected chi connectivity index (χ2v) is 6.19. The standard InChI is InChI=1S/C17H13BrF3N3O/c1-2-12-15(16(25)23-13-6-4-3-5-11(13)18)24-9-10(17(19,20)21)7-8-14(24)22-12/h3-9H,2H2,1H3,(H,23,25). The predicted octanol–water partition coefficient (Wildman–Crippen LogP) is 4.93. The van der Waals surface area contributed by atoms with Gasteiger partial charge in [-0.25, -0.2) is 4.98 Å². The van der Waals surface area contributed by atoms with Gasteiger partial charge in [-0.3, -0.25) is 9.20 Å². The number of aromatic nitrogens is 2. The third kappa shape index (κ3) is 3.39. The molecule has 130 valence electrons. The largest absolute Gasteiger partial charge is 0.417 e. The number of aryl methyl sites for hydroxylation is 1. The molecule has 3 rings (SSSR count). The predicted molar refractivity (Wildman–Crippen MR) is 91.7 cm³/mol. The van der Waals surface area contributed by atoms with Crippen LogP contribution in [0.2, 0.25) is 0 Å². The van der Waals surface area contributed by atoms with E-state index >= 15 is 0 Å². The highest BCUT2D eigenvalue weighted by molar-refractivity contribution is 9.10. The topological polar surface area (TPSA) is 46.4 Å². The zero-order valence-electron chi connectivity index (χ0n) is 13.1. The molecule has 0 aliphatic carbocycles. The van der Waals surface area contributed by atoms with Crippen molar-refractivity contribution in [1.29, 1.82) is 0 Å². The summed E-state index contributed by atoms with van der Waals surface area (Å²) in [5, 5.41) is 2.71. The van der Waals surface area contributed by atoms with Crippen molar-refractivity contribution in [1.82, 2.24) is 9.38 Å². The number of anilines is 1. The number of carbonyl (C=O) groups is 1. The van der Waals surface area contributed by atoms with E-state index in [-0.39, 0.29) is 5.69 Å². The van der Waals surface area contributed by atoms with E-state index < -0.39 is 17.6 Å². The molecule has 1 aromatic carbocycles. The molecule has 1 N–H and O–H groups in total. The van der Waals surface area contributed by atoms with E-state index in [0.29, 0.717) is 27.9 Å². The highest BCUT2D eigenvalue weighted by atomic mass is 79.9. The molecule has 0 saturated heterocycles. The van der Waals surface area contributed by atoms with Crippen LogP contribution in [0.1, 0.15) is 28.7 Å². The average molecular weight is 412 g/mol. The Bertz CT molecular complexity index is 950. The van der Waals surface area contributed by atoms with E-state index in [9.17, 15) is 18.0 Å². The van der Waals surface area contributed by atoms with E-state index in [1.807, 2.05) is 0 Å². The van der Waals surface area contributed by atoms with Crippen molar-refractivity contribution < 1.29 is 18.0 Å². The molecule has 25 heavy (non-hydrogen) atoms. The van der Waals surface area contributed by atoms with Gasteiger partial charge in [0, 0.05) is 10.7 Å². The summed E-state index contributed by atoms with van der Waals surface area (Å²) < 4.78 is 40.9. The minimum absolute atomic E-state index is 0.0966. The molecule has 0 fully saturated rings. The fourth-order valence-electron chi connectivity index (χ4n) is 2.49. The summed E-state index contributed by atoms with van der Waals surface area (Å²) in [5.41, 5.74) is 0.511. The van der Waals surface area contributed by atoms with E-state index in [1.165, 1.54) is 10.5 Å². The molecule has 0 spiro atoms. The summed E-state index contributed by atoms with van der Waals surface area (Å²) in [6.07, 6.45) is -3.18. The summed E-state index contributed by atoms with van der Waals surface area (Å²) in [6.45, 7) is 1.79. The Morgan fingerprint density at radius 3 is 2.60 bits per heavy atom. The number of hydrogen-bond acceptors (Lipinski definition) is 2. The quantitative estimate of drug-likeness (QED) is 0.663. The number of fused-ring (bicyclic) bond motifs is 1. The van der Waals surface area contributed by atoms with E-state index in [4.69, 9.17) is 0 Å². The van der Waals surface area contributed by atoms with Crippen molar-refractivity contribution in [2.24, 2.45) is 0 Å². The normalized spacial score (nSPS) is 11.7. The van der Waals surface area contributed by atoms with Crippen LogP contribution in [0.5, 0.6) is 0 Å². The summed E-state index contributed by atoms with van der Waals surface area (Å²) in [6, 6.07) is 9.21. The molecule has 4 nitrogen and oxygen atoms in total. The number of rotatable bonds is 3. The maximum Gasteiger partial charge on any atom is 0.417 e. The first-order valence-corrected chi connectivity index (χ1v) is 8.24. The molecule has 8 heteroatoms. The first kappa shape index (κ1) is 17.5. The van der Waals surface area contributed by atoms with Gasteiger partial charge in [0.15, 0.2) is 0 Å². The summed E-state index contributed by atoms with van der Waals surface area (Å²) in [4.78, 5) is 17.0. The van der Waals surface area contributed by atoms with Crippen molar-refractivity contribution >= 4 is 33.2 Å². The molecule has 0 aliphatic heterocycles. The molecule has 0 aliphatic rings. The minimum atomic E-state index is -4.50. The van der Waals surface area contributed by atoms with Crippen LogP contribution < -0.4 is 5.32 Å². The van der Waals surface area contributed by atoms with E-state index in [0.717, 1.165) is 12.3 Å². The highest BCUT2D eigenvalue weighted by Crippen LogP contribution is 2.30. The molecular weight excluding hydrogens is 399 g/mol. The van der Waals surface area contributed by atoms with Gasteiger partial charge in [-0.2, -0.15) is 13.2 Å². The smallest absolute Gasteiger partial charge is 0.320 e. The number of carbonyl (C=O) groups excluding carboxylic acids is 1. The highest BCUT2D eigenvalue weighted by Gasteiger charge is 2.31. The number of imidazole rings is 1. The maximum absolute atomic E-state index is 13.0. The molecule has 0 bridgehead atoms. The first-order valence-electron chi connectivity index (χ1n) is 7.45. The minimum Gasteiger partial charge on any atom is -0.320 e. The molecule has 0 saturated carbocycles. The molecule has 2 heterocycles. The Hall–Kier alpha value is -2.35. The molecule has 0 radical (unpaired) electrons. The Balaban J connectivity index is 2.10. The Morgan fingerprint density at radius 1 is 1.24 bits per heavy atom. The lowest BCUT2D eigenvalue weighted by molar-refractivity contribution is -0.137. The Labute approximate surface area is 149 Å². The number of benzene rings is 1. The van der Waals surface area contributed by atoms with Gasteiger partial charge in [-0.15, -0.1) is 0 Å². The third-order valence-corrected chi connectivity index (χ3v) is 4.38. The van der Waals surface area contributed by atoms with Gasteiger partial charge >= 0.3 is 6.18 Å². The van der Waals surface area contributed by atoms with Crippen LogP contribution in [0, 0.1) is 0 Å². The van der Waals surface area contributed by atoms with Gasteiger partial charge in [0.05, 0.1) is 16.9 Å². The molecule has 0 atom stereocenters. The second-order valence-electron chi connectivity index (χ2n) is 5.34. The van der Waals surface area contributed by atoms with Crippen molar-refractivity contribution in [3.05, 3.63) is 64.0 Å². The number of halogens is 4. The number of nitrogens with zero attached hydrogens (tertiary/aromatic N) is 2. The summed E-state index contributed by atoms with van der Waals surface area (Å²) in [7, 11) is 0. The zero-order chi connectivity index (χ0) is 18.2. The number of para-hydroxylation sites is 1. The van der Waals surface area contributed by atoms with Gasteiger partial charge in [0.1, 0.15) is 11.3 Å². The van der Waals surface area contributed by atoms with Crippen molar-refractivity contribution in [3.8, 4) is 0 Å². The van der Waals surface area contributed by atoms with Crippen LogP contribution in [0.3, 0.4) is 0 Å². The monoisotopic (exact) mass is 411 g/mol. The third-order valence-electron chi connectivity index (χ3n) is 3.69. The van der Waals surface area contributed by atoms with E-state index in [2.05, 4.69) is 26.2 Å². The van der Waals surface area contributed by atoms with E-state index in [1.54, 1.807) is 31.2 Å². The lowest BCUT2D eigenvalue weighted by Crippen LogP contribution is -2.17. The van der Waals surface area contributed by atoms with Gasteiger partial charge in [0.2, 0.25) is 0 Å². The molecule has 3 aromatic rings. The fraction of sp³-hybridized carbons (Fsp3) is 0.176. The van der Waals surface area contributed by atoms with Gasteiger partial charge in [-0.1, -0.05) is 19.1 Å². The second kappa shape index (κ2) is 6.51. The molecule has 0 unspecified atom stereocenters. The fourth-order valence-corrected chi connectivity index (χ4v) is 2.88. The zero-order valence-corrected chi connectivity index (χ0v) is 14.6. The Kier molecular flexibility index (Phi) is 4.55. The SMILES string of the molecule is CCc1nc2ccc(C(F)(F)F)cn2c1C(=O)Nc1ccccc1Br. The number of pyridine rings is 1. The van der Waals surface area contributed by atoms with Gasteiger partial charge < -0.3 is 5.32 Å². The maximum atomic E-state index is 13.0. The summed E-state index contributed by atoms with van der Waals surface area (Å²) >= 11 is 3.33. The lowest BCUT2D eigenvalue weighted by atomic mass is 10.2. The van der Waals surface area contributed by atoms with Crippen LogP contribution >= 0.6 is 15.9 Å².